The minimum Gasteiger partial charge on any atom is -0.349 e. The van der Waals surface area contributed by atoms with Crippen molar-refractivity contribution in [1.29, 1.82) is 0 Å². The number of hydrogen-bond donors (Lipinski definition) is 1. The minimum absolute atomic E-state index is 0.0254. The standard InChI is InChI=1S/C20H23N5OS/c1-3-7-18(16-8-5-4-6-9-16)21-19(26)14-27-20-22-23-24-25(20)17-12-10-15(2)11-13-17/h4-6,8-13,18H,3,7,14H2,1-2H3,(H,21,26)/t18-/m1/s1. The van der Waals surface area contributed by atoms with E-state index in [1.807, 2.05) is 61.5 Å². The number of carbonyl (C=O) groups excluding carboxylic acids is 1. The monoisotopic (exact) mass is 381 g/mol. The summed E-state index contributed by atoms with van der Waals surface area (Å²) >= 11 is 1.33. The van der Waals surface area contributed by atoms with Gasteiger partial charge >= 0.3 is 0 Å². The lowest BCUT2D eigenvalue weighted by Gasteiger charge is -2.18. The zero-order chi connectivity index (χ0) is 19.1. The summed E-state index contributed by atoms with van der Waals surface area (Å²) in [4.78, 5) is 12.5. The highest BCUT2D eigenvalue weighted by atomic mass is 32.2. The summed E-state index contributed by atoms with van der Waals surface area (Å²) in [5.41, 5.74) is 3.17. The Labute approximate surface area is 163 Å². The topological polar surface area (TPSA) is 72.7 Å². The van der Waals surface area contributed by atoms with Gasteiger partial charge in [-0.3, -0.25) is 4.79 Å². The van der Waals surface area contributed by atoms with E-state index in [0.29, 0.717) is 5.16 Å². The van der Waals surface area contributed by atoms with Crippen LogP contribution >= 0.6 is 11.8 Å². The van der Waals surface area contributed by atoms with Crippen molar-refractivity contribution in [2.45, 2.75) is 37.9 Å². The Kier molecular flexibility index (Phi) is 6.59. The molecule has 7 heteroatoms. The fourth-order valence-electron chi connectivity index (χ4n) is 2.78. The summed E-state index contributed by atoms with van der Waals surface area (Å²) in [7, 11) is 0. The predicted molar refractivity (Wildman–Crippen MR) is 107 cm³/mol. The van der Waals surface area contributed by atoms with Crippen molar-refractivity contribution in [3.8, 4) is 5.69 Å². The van der Waals surface area contributed by atoms with Gasteiger partial charge in [0.1, 0.15) is 0 Å². The van der Waals surface area contributed by atoms with Crippen LogP contribution in [0.4, 0.5) is 0 Å². The van der Waals surface area contributed by atoms with Crippen LogP contribution in [0.3, 0.4) is 0 Å². The molecule has 3 rings (SSSR count). The Bertz CT molecular complexity index is 864. The molecule has 2 aromatic carbocycles. The van der Waals surface area contributed by atoms with Gasteiger partial charge in [-0.25, -0.2) is 0 Å². The van der Waals surface area contributed by atoms with E-state index in [0.717, 1.165) is 24.1 Å². The second-order valence-electron chi connectivity index (χ2n) is 6.32. The summed E-state index contributed by atoms with van der Waals surface area (Å²) in [5, 5.41) is 15.6. The van der Waals surface area contributed by atoms with E-state index in [9.17, 15) is 4.79 Å². The van der Waals surface area contributed by atoms with Gasteiger partial charge in [-0.2, -0.15) is 4.68 Å². The van der Waals surface area contributed by atoms with E-state index < -0.39 is 0 Å². The molecule has 0 radical (unpaired) electrons. The number of hydrogen-bond acceptors (Lipinski definition) is 5. The molecule has 1 aromatic heterocycles. The maximum Gasteiger partial charge on any atom is 0.230 e. The van der Waals surface area contributed by atoms with Crippen LogP contribution in [0.15, 0.2) is 59.8 Å². The molecule has 3 aromatic rings. The third-order valence-corrected chi connectivity index (χ3v) is 5.09. The SMILES string of the molecule is CCC[C@@H](NC(=O)CSc1nnnn1-c1ccc(C)cc1)c1ccccc1. The number of nitrogens with zero attached hydrogens (tertiary/aromatic N) is 4. The van der Waals surface area contributed by atoms with E-state index in [-0.39, 0.29) is 17.7 Å². The Morgan fingerprint density at radius 2 is 1.89 bits per heavy atom. The van der Waals surface area contributed by atoms with Gasteiger partial charge in [-0.1, -0.05) is 73.1 Å². The van der Waals surface area contributed by atoms with Crippen molar-refractivity contribution in [1.82, 2.24) is 25.5 Å². The number of aryl methyl sites for hydroxylation is 1. The molecule has 0 fully saturated rings. The summed E-state index contributed by atoms with van der Waals surface area (Å²) in [6, 6.07) is 18.0. The molecule has 27 heavy (non-hydrogen) atoms. The van der Waals surface area contributed by atoms with Gasteiger partial charge in [0.2, 0.25) is 11.1 Å². The molecule has 6 nitrogen and oxygen atoms in total. The molecule has 0 spiro atoms. The fraction of sp³-hybridized carbons (Fsp3) is 0.300. The second-order valence-corrected chi connectivity index (χ2v) is 7.26. The van der Waals surface area contributed by atoms with Crippen LogP contribution in [-0.4, -0.2) is 31.9 Å². The van der Waals surface area contributed by atoms with Crippen molar-refractivity contribution in [2.75, 3.05) is 5.75 Å². The van der Waals surface area contributed by atoms with Gasteiger partial charge in [0.15, 0.2) is 0 Å². The van der Waals surface area contributed by atoms with Crippen LogP contribution in [0.25, 0.3) is 5.69 Å². The highest BCUT2D eigenvalue weighted by Gasteiger charge is 2.16. The molecule has 0 aliphatic heterocycles. The van der Waals surface area contributed by atoms with E-state index in [1.165, 1.54) is 17.3 Å². The van der Waals surface area contributed by atoms with Gasteiger partial charge in [0.25, 0.3) is 0 Å². The molecule has 0 bridgehead atoms. The molecular weight excluding hydrogens is 358 g/mol. The van der Waals surface area contributed by atoms with Gasteiger partial charge < -0.3 is 5.32 Å². The van der Waals surface area contributed by atoms with Crippen molar-refractivity contribution in [2.24, 2.45) is 0 Å². The molecule has 0 saturated carbocycles. The summed E-state index contributed by atoms with van der Waals surface area (Å²) in [6.45, 7) is 4.15. The van der Waals surface area contributed by atoms with Crippen LogP contribution in [0.1, 0.15) is 36.9 Å². The van der Waals surface area contributed by atoms with Crippen molar-refractivity contribution >= 4 is 17.7 Å². The Hall–Kier alpha value is -2.67. The number of aromatic nitrogens is 4. The number of amides is 1. The quantitative estimate of drug-likeness (QED) is 0.602. The van der Waals surface area contributed by atoms with Crippen molar-refractivity contribution < 1.29 is 4.79 Å². The molecule has 0 saturated heterocycles. The maximum atomic E-state index is 12.5. The van der Waals surface area contributed by atoms with Crippen LogP contribution in [-0.2, 0) is 4.79 Å². The Balaban J connectivity index is 1.62. The highest BCUT2D eigenvalue weighted by molar-refractivity contribution is 7.99. The summed E-state index contributed by atoms with van der Waals surface area (Å²) in [6.07, 6.45) is 1.90. The smallest absolute Gasteiger partial charge is 0.230 e. The Morgan fingerprint density at radius 3 is 2.59 bits per heavy atom. The number of nitrogens with one attached hydrogen (secondary N) is 1. The average Bonchev–Trinajstić information content (AvgIpc) is 3.16. The first kappa shape index (κ1) is 19.1. The largest absolute Gasteiger partial charge is 0.349 e. The van der Waals surface area contributed by atoms with Gasteiger partial charge in [-0.15, -0.1) is 5.10 Å². The molecule has 1 amide bonds. The molecule has 0 aliphatic rings. The molecule has 1 atom stereocenters. The van der Waals surface area contributed by atoms with Crippen molar-refractivity contribution in [3.05, 3.63) is 65.7 Å². The third kappa shape index (κ3) is 5.17. The van der Waals surface area contributed by atoms with Crippen LogP contribution in [0.2, 0.25) is 0 Å². The highest BCUT2D eigenvalue weighted by Crippen LogP contribution is 2.21. The summed E-state index contributed by atoms with van der Waals surface area (Å²) in [5.74, 6) is 0.236. The zero-order valence-corrected chi connectivity index (χ0v) is 16.3. The number of benzene rings is 2. The van der Waals surface area contributed by atoms with Crippen LogP contribution in [0.5, 0.6) is 0 Å². The van der Waals surface area contributed by atoms with Gasteiger partial charge in [0.05, 0.1) is 17.5 Å². The molecule has 1 N–H and O–H groups in total. The summed E-state index contributed by atoms with van der Waals surface area (Å²) < 4.78 is 1.65. The van der Waals surface area contributed by atoms with Gasteiger partial charge in [-0.05, 0) is 41.5 Å². The molecular formula is C20H23N5OS. The molecule has 0 aliphatic carbocycles. The van der Waals surface area contributed by atoms with E-state index in [2.05, 4.69) is 27.8 Å². The van der Waals surface area contributed by atoms with E-state index >= 15 is 0 Å². The van der Waals surface area contributed by atoms with Gasteiger partial charge in [0, 0.05) is 0 Å². The number of rotatable bonds is 8. The molecule has 0 unspecified atom stereocenters. The predicted octanol–water partition coefficient (Wildman–Crippen LogP) is 3.72. The Morgan fingerprint density at radius 1 is 1.15 bits per heavy atom. The van der Waals surface area contributed by atoms with E-state index in [1.54, 1.807) is 4.68 Å². The van der Waals surface area contributed by atoms with Crippen LogP contribution in [0, 0.1) is 6.92 Å². The normalized spacial score (nSPS) is 11.9. The maximum absolute atomic E-state index is 12.5. The first-order valence-electron chi connectivity index (χ1n) is 9.00. The molecule has 140 valence electrons. The third-order valence-electron chi connectivity index (χ3n) is 4.17. The van der Waals surface area contributed by atoms with Crippen molar-refractivity contribution in [3.63, 3.8) is 0 Å². The lowest BCUT2D eigenvalue weighted by atomic mass is 10.0. The number of thioether (sulfide) groups is 1. The first-order valence-corrected chi connectivity index (χ1v) is 9.98. The lowest BCUT2D eigenvalue weighted by Crippen LogP contribution is -2.30. The van der Waals surface area contributed by atoms with Crippen LogP contribution < -0.4 is 5.32 Å². The second kappa shape index (κ2) is 9.32. The molecule has 1 heterocycles. The lowest BCUT2D eigenvalue weighted by molar-refractivity contribution is -0.119. The number of tetrazole rings is 1. The number of carbonyl (C=O) groups is 1. The minimum atomic E-state index is -0.0271. The van der Waals surface area contributed by atoms with E-state index in [4.69, 9.17) is 0 Å². The fourth-order valence-corrected chi connectivity index (χ4v) is 3.48. The zero-order valence-electron chi connectivity index (χ0n) is 15.5. The average molecular weight is 382 g/mol. The first-order chi connectivity index (χ1) is 13.2.